The minimum absolute atomic E-state index is 0.0141. The number of anilines is 1. The maximum absolute atomic E-state index is 13.5. The van der Waals surface area contributed by atoms with Gasteiger partial charge in [0.1, 0.15) is 24.0 Å². The van der Waals surface area contributed by atoms with Gasteiger partial charge < -0.3 is 10.5 Å². The van der Waals surface area contributed by atoms with Crippen LogP contribution in [0.5, 0.6) is 5.75 Å². The molecule has 0 aliphatic rings. The second-order valence-electron chi connectivity index (χ2n) is 4.52. The first-order valence-corrected chi connectivity index (χ1v) is 5.91. The van der Waals surface area contributed by atoms with E-state index in [0.29, 0.717) is 17.0 Å². The molecule has 0 unspecified atom stereocenters. The number of ether oxygens (including phenoxy) is 1. The Morgan fingerprint density at radius 2 is 1.84 bits per heavy atom. The number of aryl methyl sites for hydroxylation is 2. The van der Waals surface area contributed by atoms with Crippen LogP contribution in [0.25, 0.3) is 0 Å². The summed E-state index contributed by atoms with van der Waals surface area (Å²) in [5.74, 6) is -0.690. The number of halogens is 2. The number of hydrogen-bond donors (Lipinski definition) is 1. The molecule has 0 aliphatic carbocycles. The lowest BCUT2D eigenvalue weighted by molar-refractivity contribution is 0.299. The maximum atomic E-state index is 13.5. The monoisotopic (exact) mass is 263 g/mol. The maximum Gasteiger partial charge on any atom is 0.145 e. The van der Waals surface area contributed by atoms with Crippen molar-refractivity contribution in [2.24, 2.45) is 0 Å². The molecule has 2 rings (SSSR count). The van der Waals surface area contributed by atoms with Gasteiger partial charge >= 0.3 is 0 Å². The van der Waals surface area contributed by atoms with Crippen LogP contribution in [-0.4, -0.2) is 0 Å². The fourth-order valence-corrected chi connectivity index (χ4v) is 1.97. The predicted octanol–water partition coefficient (Wildman–Crippen LogP) is 3.74. The Bertz CT molecular complexity index is 588. The van der Waals surface area contributed by atoms with Crippen molar-refractivity contribution < 1.29 is 13.5 Å². The molecule has 2 nitrogen and oxygen atoms in total. The van der Waals surface area contributed by atoms with Crippen LogP contribution in [0.2, 0.25) is 0 Å². The fraction of sp³-hybridized carbons (Fsp3) is 0.200. The first kappa shape index (κ1) is 13.3. The predicted molar refractivity (Wildman–Crippen MR) is 71.0 cm³/mol. The molecule has 0 radical (unpaired) electrons. The molecule has 0 heterocycles. The van der Waals surface area contributed by atoms with Gasteiger partial charge in [-0.25, -0.2) is 8.78 Å². The second-order valence-corrected chi connectivity index (χ2v) is 4.52. The minimum atomic E-state index is -0.622. The van der Waals surface area contributed by atoms with Crippen molar-refractivity contribution in [2.45, 2.75) is 20.5 Å². The van der Waals surface area contributed by atoms with E-state index in [-0.39, 0.29) is 6.61 Å². The van der Waals surface area contributed by atoms with Gasteiger partial charge in [0.2, 0.25) is 0 Å². The minimum Gasteiger partial charge on any atom is -0.486 e. The summed E-state index contributed by atoms with van der Waals surface area (Å²) < 4.78 is 31.8. The molecule has 0 aromatic heterocycles. The molecule has 2 aromatic carbocycles. The molecule has 2 aromatic rings. The normalized spacial score (nSPS) is 10.5. The summed E-state index contributed by atoms with van der Waals surface area (Å²) in [5.41, 5.74) is 8.60. The smallest absolute Gasteiger partial charge is 0.145 e. The summed E-state index contributed by atoms with van der Waals surface area (Å²) in [5, 5.41) is 0. The summed E-state index contributed by atoms with van der Waals surface area (Å²) in [6.07, 6.45) is 0. The highest BCUT2D eigenvalue weighted by atomic mass is 19.1. The molecule has 4 heteroatoms. The van der Waals surface area contributed by atoms with Crippen molar-refractivity contribution in [1.82, 2.24) is 0 Å². The van der Waals surface area contributed by atoms with Crippen LogP contribution in [-0.2, 0) is 6.61 Å². The molecule has 2 N–H and O–H groups in total. The largest absolute Gasteiger partial charge is 0.486 e. The van der Waals surface area contributed by atoms with Crippen LogP contribution in [0.3, 0.4) is 0 Å². The molecule has 0 amide bonds. The van der Waals surface area contributed by atoms with Gasteiger partial charge in [-0.3, -0.25) is 0 Å². The molecule has 0 bridgehead atoms. The van der Waals surface area contributed by atoms with E-state index < -0.39 is 11.6 Å². The summed E-state index contributed by atoms with van der Waals surface area (Å²) in [4.78, 5) is 0. The van der Waals surface area contributed by atoms with E-state index in [1.54, 1.807) is 6.07 Å². The Kier molecular flexibility index (Phi) is 3.69. The Balaban J connectivity index is 2.19. The average Bonchev–Trinajstić information content (AvgIpc) is 2.30. The van der Waals surface area contributed by atoms with Crippen molar-refractivity contribution >= 4 is 5.69 Å². The summed E-state index contributed by atoms with van der Waals surface area (Å²) in [7, 11) is 0. The Hall–Kier alpha value is -2.10. The number of nitrogens with two attached hydrogens (primary N) is 1. The lowest BCUT2D eigenvalue weighted by Gasteiger charge is -2.13. The highest BCUT2D eigenvalue weighted by Gasteiger charge is 2.09. The van der Waals surface area contributed by atoms with Gasteiger partial charge in [-0.1, -0.05) is 6.07 Å². The summed E-state index contributed by atoms with van der Waals surface area (Å²) >= 11 is 0. The van der Waals surface area contributed by atoms with Gasteiger partial charge in [-0.05, 0) is 43.2 Å². The van der Waals surface area contributed by atoms with Crippen LogP contribution >= 0.6 is 0 Å². The van der Waals surface area contributed by atoms with Crippen LogP contribution in [0.15, 0.2) is 30.3 Å². The van der Waals surface area contributed by atoms with Gasteiger partial charge in [-0.15, -0.1) is 0 Å². The molecule has 0 atom stereocenters. The third kappa shape index (κ3) is 3.02. The van der Waals surface area contributed by atoms with E-state index in [1.165, 1.54) is 12.1 Å². The second kappa shape index (κ2) is 5.26. The zero-order valence-electron chi connectivity index (χ0n) is 10.8. The molecule has 19 heavy (non-hydrogen) atoms. The third-order valence-electron chi connectivity index (χ3n) is 2.83. The molecule has 100 valence electrons. The van der Waals surface area contributed by atoms with E-state index >= 15 is 0 Å². The fourth-order valence-electron chi connectivity index (χ4n) is 1.97. The SMILES string of the molecule is Cc1cc(C)c(OCc2ccc(F)cc2F)c(N)c1. The molecular weight excluding hydrogens is 248 g/mol. The Labute approximate surface area is 110 Å². The quantitative estimate of drug-likeness (QED) is 0.856. The third-order valence-corrected chi connectivity index (χ3v) is 2.83. The van der Waals surface area contributed by atoms with E-state index in [2.05, 4.69) is 0 Å². The van der Waals surface area contributed by atoms with Crippen molar-refractivity contribution in [3.8, 4) is 5.75 Å². The lowest BCUT2D eigenvalue weighted by atomic mass is 10.1. The zero-order chi connectivity index (χ0) is 14.0. The summed E-state index contributed by atoms with van der Waals surface area (Å²) in [6.45, 7) is 3.83. The molecule has 0 saturated carbocycles. The van der Waals surface area contributed by atoms with Gasteiger partial charge in [0.25, 0.3) is 0 Å². The Morgan fingerprint density at radius 1 is 1.11 bits per heavy atom. The first-order chi connectivity index (χ1) is 8.97. The first-order valence-electron chi connectivity index (χ1n) is 5.91. The van der Waals surface area contributed by atoms with Crippen LogP contribution in [0.4, 0.5) is 14.5 Å². The van der Waals surface area contributed by atoms with Crippen molar-refractivity contribution in [3.05, 3.63) is 58.7 Å². The number of rotatable bonds is 3. The molecule has 0 spiro atoms. The zero-order valence-corrected chi connectivity index (χ0v) is 10.8. The van der Waals surface area contributed by atoms with Crippen LogP contribution < -0.4 is 10.5 Å². The molecular formula is C15H15F2NO. The van der Waals surface area contributed by atoms with E-state index in [9.17, 15) is 8.78 Å². The van der Waals surface area contributed by atoms with E-state index in [1.807, 2.05) is 19.9 Å². The number of nitrogen functional groups attached to an aromatic ring is 1. The van der Waals surface area contributed by atoms with Gasteiger partial charge in [0.15, 0.2) is 0 Å². The topological polar surface area (TPSA) is 35.2 Å². The average molecular weight is 263 g/mol. The number of benzene rings is 2. The lowest BCUT2D eigenvalue weighted by Crippen LogP contribution is -2.03. The highest BCUT2D eigenvalue weighted by Crippen LogP contribution is 2.28. The Morgan fingerprint density at radius 3 is 2.47 bits per heavy atom. The van der Waals surface area contributed by atoms with Crippen molar-refractivity contribution in [2.75, 3.05) is 5.73 Å². The van der Waals surface area contributed by atoms with Crippen molar-refractivity contribution in [3.63, 3.8) is 0 Å². The van der Waals surface area contributed by atoms with Crippen LogP contribution in [0.1, 0.15) is 16.7 Å². The van der Waals surface area contributed by atoms with Gasteiger partial charge in [-0.2, -0.15) is 0 Å². The molecule has 0 fully saturated rings. The molecule has 0 saturated heterocycles. The van der Waals surface area contributed by atoms with Gasteiger partial charge in [0.05, 0.1) is 5.69 Å². The van der Waals surface area contributed by atoms with Crippen LogP contribution in [0, 0.1) is 25.5 Å². The number of hydrogen-bond acceptors (Lipinski definition) is 2. The highest BCUT2D eigenvalue weighted by molar-refractivity contribution is 5.58. The summed E-state index contributed by atoms with van der Waals surface area (Å²) in [6, 6.07) is 7.14. The van der Waals surface area contributed by atoms with E-state index in [0.717, 1.165) is 17.2 Å². The molecule has 0 aliphatic heterocycles. The van der Waals surface area contributed by atoms with Crippen molar-refractivity contribution in [1.29, 1.82) is 0 Å². The van der Waals surface area contributed by atoms with Gasteiger partial charge in [0, 0.05) is 11.6 Å². The van der Waals surface area contributed by atoms with E-state index in [4.69, 9.17) is 10.5 Å². The standard InChI is InChI=1S/C15H15F2NO/c1-9-5-10(2)15(14(18)6-9)19-8-11-3-4-12(16)7-13(11)17/h3-7H,8,18H2,1-2H3.